The zero-order chi connectivity index (χ0) is 13.1. The summed E-state index contributed by atoms with van der Waals surface area (Å²) in [5.41, 5.74) is 4.47. The molecule has 1 aromatic rings. The lowest BCUT2D eigenvalue weighted by Crippen LogP contribution is -2.36. The van der Waals surface area contributed by atoms with Crippen molar-refractivity contribution in [1.82, 2.24) is 4.90 Å². The van der Waals surface area contributed by atoms with Gasteiger partial charge < -0.3 is 0 Å². The molecule has 98 valence electrons. The zero-order valence-corrected chi connectivity index (χ0v) is 12.3. The molecule has 1 heterocycles. The van der Waals surface area contributed by atoms with Crippen LogP contribution >= 0.6 is 11.8 Å². The fourth-order valence-electron chi connectivity index (χ4n) is 2.31. The number of hydrogen-bond acceptors (Lipinski definition) is 3. The molecule has 0 aliphatic carbocycles. The van der Waals surface area contributed by atoms with E-state index < -0.39 is 0 Å². The van der Waals surface area contributed by atoms with Gasteiger partial charge in [-0.25, -0.2) is 0 Å². The lowest BCUT2D eigenvalue weighted by atomic mass is 9.98. The summed E-state index contributed by atoms with van der Waals surface area (Å²) in [7, 11) is 0. The molecule has 1 aliphatic rings. The van der Waals surface area contributed by atoms with Gasteiger partial charge in [0.25, 0.3) is 0 Å². The van der Waals surface area contributed by atoms with Gasteiger partial charge in [0.05, 0.1) is 6.54 Å². The molecule has 0 atom stereocenters. The average molecular weight is 263 g/mol. The molecule has 0 N–H and O–H groups in total. The first-order chi connectivity index (χ1) is 8.58. The van der Waals surface area contributed by atoms with E-state index in [1.54, 1.807) is 0 Å². The number of carbonyl (C=O) groups excluding carboxylic acids is 1. The quantitative estimate of drug-likeness (QED) is 0.782. The number of ketones is 1. The molecule has 0 bridgehead atoms. The molecule has 0 spiro atoms. The van der Waals surface area contributed by atoms with Crippen LogP contribution in [0.1, 0.15) is 27.0 Å². The zero-order valence-electron chi connectivity index (χ0n) is 11.5. The Morgan fingerprint density at radius 2 is 1.72 bits per heavy atom. The van der Waals surface area contributed by atoms with Crippen LogP contribution in [-0.2, 0) is 0 Å². The molecule has 0 aromatic heterocycles. The minimum Gasteiger partial charge on any atom is -0.294 e. The first-order valence-corrected chi connectivity index (χ1v) is 7.64. The minimum absolute atomic E-state index is 0.266. The number of nitrogens with zero attached hydrogens (tertiary/aromatic N) is 1. The first-order valence-electron chi connectivity index (χ1n) is 6.49. The SMILES string of the molecule is Cc1cc(C)c(C(=O)CN2CCSCC2)cc1C. The van der Waals surface area contributed by atoms with E-state index in [0.29, 0.717) is 6.54 Å². The van der Waals surface area contributed by atoms with Gasteiger partial charge in [-0.3, -0.25) is 9.69 Å². The van der Waals surface area contributed by atoms with Crippen molar-refractivity contribution in [3.05, 3.63) is 34.4 Å². The Labute approximate surface area is 114 Å². The number of hydrogen-bond donors (Lipinski definition) is 0. The van der Waals surface area contributed by atoms with Gasteiger partial charge in [-0.2, -0.15) is 11.8 Å². The van der Waals surface area contributed by atoms with Crippen LogP contribution in [0.5, 0.6) is 0 Å². The smallest absolute Gasteiger partial charge is 0.177 e. The van der Waals surface area contributed by atoms with Crippen molar-refractivity contribution in [3.63, 3.8) is 0 Å². The molecule has 0 radical (unpaired) electrons. The van der Waals surface area contributed by atoms with Crippen molar-refractivity contribution >= 4 is 17.5 Å². The Morgan fingerprint density at radius 1 is 1.11 bits per heavy atom. The van der Waals surface area contributed by atoms with Crippen molar-refractivity contribution in [1.29, 1.82) is 0 Å². The summed E-state index contributed by atoms with van der Waals surface area (Å²) in [5, 5.41) is 0. The Hall–Kier alpha value is -0.800. The van der Waals surface area contributed by atoms with Crippen LogP contribution in [0.15, 0.2) is 12.1 Å². The second-order valence-electron chi connectivity index (χ2n) is 5.06. The van der Waals surface area contributed by atoms with Crippen LogP contribution in [-0.4, -0.2) is 41.8 Å². The Balaban J connectivity index is 2.10. The lowest BCUT2D eigenvalue weighted by Gasteiger charge is -2.25. The maximum atomic E-state index is 12.3. The van der Waals surface area contributed by atoms with E-state index in [0.717, 1.165) is 35.7 Å². The number of rotatable bonds is 3. The second kappa shape index (κ2) is 5.89. The first kappa shape index (κ1) is 13.6. The van der Waals surface area contributed by atoms with Gasteiger partial charge in [0.1, 0.15) is 0 Å². The summed E-state index contributed by atoms with van der Waals surface area (Å²) in [4.78, 5) is 14.6. The van der Waals surface area contributed by atoms with Crippen molar-refractivity contribution in [2.24, 2.45) is 0 Å². The van der Waals surface area contributed by atoms with Gasteiger partial charge in [-0.05, 0) is 43.5 Å². The van der Waals surface area contributed by atoms with Crippen LogP contribution in [0, 0.1) is 20.8 Å². The molecule has 1 aliphatic heterocycles. The number of Topliss-reactive ketones (excluding diaryl/α,β-unsaturated/α-hetero) is 1. The van der Waals surface area contributed by atoms with Crippen LogP contribution in [0.4, 0.5) is 0 Å². The van der Waals surface area contributed by atoms with Crippen LogP contribution in [0.2, 0.25) is 0 Å². The largest absolute Gasteiger partial charge is 0.294 e. The predicted octanol–water partition coefficient (Wildman–Crippen LogP) is 2.84. The van der Waals surface area contributed by atoms with Crippen LogP contribution in [0.25, 0.3) is 0 Å². The highest BCUT2D eigenvalue weighted by molar-refractivity contribution is 7.99. The maximum absolute atomic E-state index is 12.3. The highest BCUT2D eigenvalue weighted by atomic mass is 32.2. The fraction of sp³-hybridized carbons (Fsp3) is 0.533. The third-order valence-electron chi connectivity index (χ3n) is 3.61. The van der Waals surface area contributed by atoms with Gasteiger partial charge in [-0.1, -0.05) is 6.07 Å². The van der Waals surface area contributed by atoms with E-state index in [1.807, 2.05) is 24.8 Å². The van der Waals surface area contributed by atoms with E-state index in [-0.39, 0.29) is 5.78 Å². The van der Waals surface area contributed by atoms with Gasteiger partial charge in [0.15, 0.2) is 5.78 Å². The topological polar surface area (TPSA) is 20.3 Å². The number of aryl methyl sites for hydroxylation is 3. The van der Waals surface area contributed by atoms with E-state index in [4.69, 9.17) is 0 Å². The summed E-state index contributed by atoms with van der Waals surface area (Å²) in [6.45, 7) is 8.86. The summed E-state index contributed by atoms with van der Waals surface area (Å²) in [6.07, 6.45) is 0. The monoisotopic (exact) mass is 263 g/mol. The molecule has 1 saturated heterocycles. The van der Waals surface area contributed by atoms with Gasteiger partial charge >= 0.3 is 0 Å². The van der Waals surface area contributed by atoms with Gasteiger partial charge in [0.2, 0.25) is 0 Å². The van der Waals surface area contributed by atoms with E-state index >= 15 is 0 Å². The molecule has 0 saturated carbocycles. The Morgan fingerprint density at radius 3 is 2.39 bits per heavy atom. The molecular weight excluding hydrogens is 242 g/mol. The normalized spacial score (nSPS) is 16.8. The fourth-order valence-corrected chi connectivity index (χ4v) is 3.29. The van der Waals surface area contributed by atoms with Gasteiger partial charge in [0, 0.05) is 30.2 Å². The molecule has 2 nitrogen and oxygen atoms in total. The molecule has 2 rings (SSSR count). The maximum Gasteiger partial charge on any atom is 0.177 e. The minimum atomic E-state index is 0.266. The van der Waals surface area contributed by atoms with E-state index in [2.05, 4.69) is 24.8 Å². The van der Waals surface area contributed by atoms with Gasteiger partial charge in [-0.15, -0.1) is 0 Å². The number of carbonyl (C=O) groups is 1. The van der Waals surface area contributed by atoms with E-state index in [9.17, 15) is 4.79 Å². The highest BCUT2D eigenvalue weighted by Crippen LogP contribution is 2.17. The molecule has 0 amide bonds. The van der Waals surface area contributed by atoms with E-state index in [1.165, 1.54) is 11.1 Å². The third-order valence-corrected chi connectivity index (χ3v) is 4.55. The summed E-state index contributed by atoms with van der Waals surface area (Å²) >= 11 is 1.98. The summed E-state index contributed by atoms with van der Waals surface area (Å²) in [6, 6.07) is 4.17. The predicted molar refractivity (Wildman–Crippen MR) is 78.7 cm³/mol. The standard InChI is InChI=1S/C15H21NOS/c1-11-8-13(3)14(9-12(11)2)15(17)10-16-4-6-18-7-5-16/h8-9H,4-7,10H2,1-3H3. The van der Waals surface area contributed by atoms with Crippen LogP contribution < -0.4 is 0 Å². The highest BCUT2D eigenvalue weighted by Gasteiger charge is 2.17. The third kappa shape index (κ3) is 3.15. The summed E-state index contributed by atoms with van der Waals surface area (Å²) < 4.78 is 0. The molecule has 0 unspecified atom stereocenters. The molecular formula is C15H21NOS. The molecule has 1 aromatic carbocycles. The molecule has 1 fully saturated rings. The average Bonchev–Trinajstić information content (AvgIpc) is 2.35. The van der Waals surface area contributed by atoms with Crippen molar-refractivity contribution in [3.8, 4) is 0 Å². The number of thioether (sulfide) groups is 1. The van der Waals surface area contributed by atoms with Crippen molar-refractivity contribution in [2.45, 2.75) is 20.8 Å². The second-order valence-corrected chi connectivity index (χ2v) is 6.29. The lowest BCUT2D eigenvalue weighted by molar-refractivity contribution is 0.0936. The molecule has 3 heteroatoms. The molecule has 18 heavy (non-hydrogen) atoms. The van der Waals surface area contributed by atoms with Crippen LogP contribution in [0.3, 0.4) is 0 Å². The number of benzene rings is 1. The summed E-state index contributed by atoms with van der Waals surface area (Å²) in [5.74, 6) is 2.57. The Kier molecular flexibility index (Phi) is 4.46. The van der Waals surface area contributed by atoms with Crippen molar-refractivity contribution < 1.29 is 4.79 Å². The Bertz CT molecular complexity index is 450. The van der Waals surface area contributed by atoms with Crippen molar-refractivity contribution in [2.75, 3.05) is 31.1 Å².